The van der Waals surface area contributed by atoms with E-state index in [2.05, 4.69) is 27.3 Å². The Bertz CT molecular complexity index is 331. The Kier molecular flexibility index (Phi) is 5.45. The predicted molar refractivity (Wildman–Crippen MR) is 71.6 cm³/mol. The Labute approximate surface area is 109 Å². The van der Waals surface area contributed by atoms with Crippen LogP contribution in [0.25, 0.3) is 0 Å². The second-order valence-corrected chi connectivity index (χ2v) is 4.91. The van der Waals surface area contributed by atoms with Crippen molar-refractivity contribution in [3.63, 3.8) is 0 Å². The standard InChI is InChI=1S/C13H24N4O/c1-2-8-14-11-12-15-16-13(18-12)17-9-6-4-3-5-7-10-17/h14H,2-11H2,1H3. The van der Waals surface area contributed by atoms with Crippen LogP contribution in [-0.4, -0.2) is 29.8 Å². The monoisotopic (exact) mass is 252 g/mol. The number of nitrogens with zero attached hydrogens (tertiary/aromatic N) is 3. The van der Waals surface area contributed by atoms with Crippen molar-refractivity contribution in [3.05, 3.63) is 5.89 Å². The summed E-state index contributed by atoms with van der Waals surface area (Å²) in [7, 11) is 0. The molecule has 0 atom stereocenters. The molecule has 102 valence electrons. The van der Waals surface area contributed by atoms with E-state index in [1.165, 1.54) is 32.1 Å². The van der Waals surface area contributed by atoms with E-state index in [0.717, 1.165) is 26.1 Å². The van der Waals surface area contributed by atoms with E-state index in [4.69, 9.17) is 4.42 Å². The van der Waals surface area contributed by atoms with Gasteiger partial charge in [0.15, 0.2) is 0 Å². The van der Waals surface area contributed by atoms with Crippen molar-refractivity contribution in [2.24, 2.45) is 0 Å². The van der Waals surface area contributed by atoms with Crippen molar-refractivity contribution >= 4 is 6.01 Å². The summed E-state index contributed by atoms with van der Waals surface area (Å²) >= 11 is 0. The van der Waals surface area contributed by atoms with Crippen molar-refractivity contribution in [3.8, 4) is 0 Å². The number of anilines is 1. The number of aromatic nitrogens is 2. The molecule has 1 N–H and O–H groups in total. The van der Waals surface area contributed by atoms with Gasteiger partial charge in [0.2, 0.25) is 5.89 Å². The predicted octanol–water partition coefficient (Wildman–Crippen LogP) is 2.34. The highest BCUT2D eigenvalue weighted by Crippen LogP contribution is 2.17. The lowest BCUT2D eigenvalue weighted by atomic mass is 10.1. The van der Waals surface area contributed by atoms with Crippen LogP contribution in [0.4, 0.5) is 6.01 Å². The van der Waals surface area contributed by atoms with Crippen LogP contribution in [0.3, 0.4) is 0 Å². The van der Waals surface area contributed by atoms with Crippen LogP contribution in [0.2, 0.25) is 0 Å². The third kappa shape index (κ3) is 3.98. The van der Waals surface area contributed by atoms with Gasteiger partial charge in [-0.1, -0.05) is 31.3 Å². The van der Waals surface area contributed by atoms with E-state index in [1.54, 1.807) is 0 Å². The van der Waals surface area contributed by atoms with Gasteiger partial charge in [-0.05, 0) is 25.8 Å². The number of rotatable bonds is 5. The van der Waals surface area contributed by atoms with Crippen LogP contribution in [0, 0.1) is 0 Å². The van der Waals surface area contributed by atoms with E-state index in [1.807, 2.05) is 0 Å². The first-order chi connectivity index (χ1) is 8.90. The number of hydrogen-bond donors (Lipinski definition) is 1. The van der Waals surface area contributed by atoms with Gasteiger partial charge in [0, 0.05) is 13.1 Å². The first-order valence-electron chi connectivity index (χ1n) is 7.18. The molecule has 5 heteroatoms. The van der Waals surface area contributed by atoms with Gasteiger partial charge < -0.3 is 14.6 Å². The summed E-state index contributed by atoms with van der Waals surface area (Å²) in [6.07, 6.45) is 7.57. The average molecular weight is 252 g/mol. The molecule has 0 unspecified atom stereocenters. The molecule has 0 saturated carbocycles. The first-order valence-corrected chi connectivity index (χ1v) is 7.18. The van der Waals surface area contributed by atoms with E-state index in [0.29, 0.717) is 18.5 Å². The van der Waals surface area contributed by atoms with Crippen LogP contribution in [0.15, 0.2) is 4.42 Å². The third-order valence-corrected chi connectivity index (χ3v) is 3.29. The highest BCUT2D eigenvalue weighted by molar-refractivity contribution is 5.23. The fourth-order valence-electron chi connectivity index (χ4n) is 2.25. The molecule has 0 radical (unpaired) electrons. The first kappa shape index (κ1) is 13.3. The molecule has 0 bridgehead atoms. The fourth-order valence-corrected chi connectivity index (χ4v) is 2.25. The Hall–Kier alpha value is -1.10. The van der Waals surface area contributed by atoms with Crippen molar-refractivity contribution in [1.82, 2.24) is 15.5 Å². The third-order valence-electron chi connectivity index (χ3n) is 3.29. The molecule has 0 aromatic carbocycles. The minimum atomic E-state index is 0.675. The maximum Gasteiger partial charge on any atom is 0.318 e. The quantitative estimate of drug-likeness (QED) is 0.815. The van der Waals surface area contributed by atoms with Gasteiger partial charge in [-0.15, -0.1) is 5.10 Å². The summed E-state index contributed by atoms with van der Waals surface area (Å²) in [5.41, 5.74) is 0. The maximum absolute atomic E-state index is 5.71. The van der Waals surface area contributed by atoms with Crippen molar-refractivity contribution < 1.29 is 4.42 Å². The topological polar surface area (TPSA) is 54.2 Å². The van der Waals surface area contributed by atoms with Gasteiger partial charge in [-0.25, -0.2) is 0 Å². The minimum absolute atomic E-state index is 0.675. The molecular formula is C13H24N4O. The molecule has 1 aliphatic heterocycles. The molecule has 18 heavy (non-hydrogen) atoms. The molecule has 1 fully saturated rings. The molecule has 0 aliphatic carbocycles. The lowest BCUT2D eigenvalue weighted by Gasteiger charge is -2.22. The van der Waals surface area contributed by atoms with Gasteiger partial charge in [0.05, 0.1) is 6.54 Å². The zero-order valence-electron chi connectivity index (χ0n) is 11.3. The summed E-state index contributed by atoms with van der Waals surface area (Å²) in [6.45, 7) is 5.90. The number of hydrogen-bond acceptors (Lipinski definition) is 5. The maximum atomic E-state index is 5.71. The zero-order valence-corrected chi connectivity index (χ0v) is 11.3. The summed E-state index contributed by atoms with van der Waals surface area (Å²) in [4.78, 5) is 2.23. The Morgan fingerprint density at radius 2 is 1.83 bits per heavy atom. The van der Waals surface area contributed by atoms with Crippen molar-refractivity contribution in [1.29, 1.82) is 0 Å². The van der Waals surface area contributed by atoms with Gasteiger partial charge >= 0.3 is 6.01 Å². The van der Waals surface area contributed by atoms with E-state index in [9.17, 15) is 0 Å². The lowest BCUT2D eigenvalue weighted by Crippen LogP contribution is -2.27. The van der Waals surface area contributed by atoms with Gasteiger partial charge in [0.1, 0.15) is 0 Å². The molecule has 1 aromatic heterocycles. The van der Waals surface area contributed by atoms with Gasteiger partial charge in [-0.3, -0.25) is 0 Å². The Morgan fingerprint density at radius 1 is 1.11 bits per heavy atom. The molecule has 1 saturated heterocycles. The van der Waals surface area contributed by atoms with Crippen LogP contribution in [0.1, 0.15) is 51.3 Å². The average Bonchev–Trinajstić information content (AvgIpc) is 2.78. The molecular weight excluding hydrogens is 228 g/mol. The second-order valence-electron chi connectivity index (χ2n) is 4.91. The summed E-state index contributed by atoms with van der Waals surface area (Å²) in [5.74, 6) is 0.695. The van der Waals surface area contributed by atoms with E-state index >= 15 is 0 Å². The molecule has 1 aliphatic rings. The lowest BCUT2D eigenvalue weighted by molar-refractivity contribution is 0.448. The summed E-state index contributed by atoms with van der Waals surface area (Å²) in [5, 5.41) is 11.5. The van der Waals surface area contributed by atoms with E-state index < -0.39 is 0 Å². The molecule has 1 aromatic rings. The van der Waals surface area contributed by atoms with Crippen LogP contribution < -0.4 is 10.2 Å². The number of nitrogens with one attached hydrogen (secondary N) is 1. The van der Waals surface area contributed by atoms with E-state index in [-0.39, 0.29) is 0 Å². The highest BCUT2D eigenvalue weighted by Gasteiger charge is 2.15. The van der Waals surface area contributed by atoms with Crippen LogP contribution in [-0.2, 0) is 6.54 Å². The van der Waals surface area contributed by atoms with Gasteiger partial charge in [-0.2, -0.15) is 0 Å². The molecule has 0 amide bonds. The van der Waals surface area contributed by atoms with Crippen LogP contribution >= 0.6 is 0 Å². The Morgan fingerprint density at radius 3 is 2.56 bits per heavy atom. The zero-order chi connectivity index (χ0) is 12.6. The molecule has 2 rings (SSSR count). The summed E-state index contributed by atoms with van der Waals surface area (Å²) in [6, 6.07) is 0.699. The minimum Gasteiger partial charge on any atom is -0.407 e. The Balaban J connectivity index is 1.86. The van der Waals surface area contributed by atoms with Crippen molar-refractivity contribution in [2.75, 3.05) is 24.5 Å². The highest BCUT2D eigenvalue weighted by atomic mass is 16.4. The summed E-state index contributed by atoms with van der Waals surface area (Å²) < 4.78 is 5.71. The SMILES string of the molecule is CCCNCc1nnc(N2CCCCCCC2)o1. The second kappa shape index (κ2) is 7.36. The molecule has 5 nitrogen and oxygen atoms in total. The largest absolute Gasteiger partial charge is 0.407 e. The van der Waals surface area contributed by atoms with Crippen LogP contribution in [0.5, 0.6) is 0 Å². The normalized spacial score (nSPS) is 17.5. The molecule has 0 spiro atoms. The van der Waals surface area contributed by atoms with Gasteiger partial charge in [0.25, 0.3) is 0 Å². The van der Waals surface area contributed by atoms with Crippen molar-refractivity contribution in [2.45, 2.75) is 52.0 Å². The smallest absolute Gasteiger partial charge is 0.318 e. The fraction of sp³-hybridized carbons (Fsp3) is 0.846. The molecule has 2 heterocycles.